The van der Waals surface area contributed by atoms with Gasteiger partial charge in [0.25, 0.3) is 0 Å². The lowest BCUT2D eigenvalue weighted by molar-refractivity contribution is -0.142. The van der Waals surface area contributed by atoms with E-state index in [9.17, 15) is 13.2 Å². The summed E-state index contributed by atoms with van der Waals surface area (Å²) in [6.45, 7) is 5.23. The lowest BCUT2D eigenvalue weighted by Gasteiger charge is -2.28. The first-order valence-corrected chi connectivity index (χ1v) is 8.52. The maximum atomic E-state index is 11.4. The maximum absolute atomic E-state index is 11.4. The number of hydrogen-bond donors (Lipinski definition) is 2. The van der Waals surface area contributed by atoms with Gasteiger partial charge in [-0.05, 0) is 31.7 Å². The Morgan fingerprint density at radius 2 is 2.11 bits per heavy atom. The predicted molar refractivity (Wildman–Crippen MR) is 73.5 cm³/mol. The van der Waals surface area contributed by atoms with Crippen LogP contribution < -0.4 is 4.72 Å². The molecule has 0 amide bonds. The van der Waals surface area contributed by atoms with Crippen LogP contribution in [0.15, 0.2) is 0 Å². The first kappa shape index (κ1) is 16.4. The first-order valence-electron chi connectivity index (χ1n) is 6.63. The molecular formula is C12H24N2O4S. The number of carboxylic acid groups (broad SMARTS) is 1. The molecule has 6 nitrogen and oxygen atoms in total. The van der Waals surface area contributed by atoms with Crippen molar-refractivity contribution in [2.45, 2.75) is 45.2 Å². The lowest BCUT2D eigenvalue weighted by Crippen LogP contribution is -2.47. The highest BCUT2D eigenvalue weighted by molar-refractivity contribution is 7.88. The fourth-order valence-corrected chi connectivity index (χ4v) is 3.42. The van der Waals surface area contributed by atoms with Crippen LogP contribution in [0.2, 0.25) is 0 Å². The topological polar surface area (TPSA) is 86.7 Å². The zero-order chi connectivity index (χ0) is 14.6. The second-order valence-corrected chi connectivity index (χ2v) is 7.49. The van der Waals surface area contributed by atoms with Crippen LogP contribution in [0.5, 0.6) is 0 Å². The van der Waals surface area contributed by atoms with Crippen LogP contribution in [-0.4, -0.2) is 55.8 Å². The number of carbonyl (C=O) groups is 1. The number of nitrogens with zero attached hydrogens (tertiary/aromatic N) is 1. The van der Waals surface area contributed by atoms with E-state index in [1.54, 1.807) is 0 Å². The summed E-state index contributed by atoms with van der Waals surface area (Å²) in [6.07, 6.45) is 3.34. The van der Waals surface area contributed by atoms with E-state index in [1.165, 1.54) is 0 Å². The molecule has 19 heavy (non-hydrogen) atoms. The van der Waals surface area contributed by atoms with Crippen molar-refractivity contribution in [2.24, 2.45) is 5.92 Å². The summed E-state index contributed by atoms with van der Waals surface area (Å²) in [5, 5.41) is 9.13. The molecule has 2 N–H and O–H groups in total. The molecule has 7 heteroatoms. The lowest BCUT2D eigenvalue weighted by atomic mass is 10.0. The van der Waals surface area contributed by atoms with Crippen LogP contribution in [-0.2, 0) is 14.8 Å². The Kier molecular flexibility index (Phi) is 5.76. The Balaban J connectivity index is 2.68. The number of aliphatic carboxylic acids is 1. The van der Waals surface area contributed by atoms with Gasteiger partial charge in [-0.15, -0.1) is 0 Å². The van der Waals surface area contributed by atoms with Crippen molar-refractivity contribution in [1.29, 1.82) is 0 Å². The Hall–Kier alpha value is -0.660. The van der Waals surface area contributed by atoms with E-state index < -0.39 is 22.0 Å². The summed E-state index contributed by atoms with van der Waals surface area (Å²) in [5.74, 6) is -0.467. The standard InChI is InChI=1S/C12H24N2O4S/c1-9(2)7-10(13-19(3,17)18)8-14-6-4-5-11(14)12(15)16/h9-11,13H,4-8H2,1-3H3,(H,15,16)/t10-,11+/m1/s1. The van der Waals surface area contributed by atoms with Crippen LogP contribution in [0.3, 0.4) is 0 Å². The Bertz CT molecular complexity index is 408. The maximum Gasteiger partial charge on any atom is 0.320 e. The zero-order valence-electron chi connectivity index (χ0n) is 11.8. The molecule has 0 aromatic rings. The summed E-state index contributed by atoms with van der Waals surface area (Å²) in [7, 11) is -3.27. The number of sulfonamides is 1. The highest BCUT2D eigenvalue weighted by Gasteiger charge is 2.32. The first-order chi connectivity index (χ1) is 8.69. The minimum atomic E-state index is -3.27. The van der Waals surface area contributed by atoms with Crippen molar-refractivity contribution in [3.8, 4) is 0 Å². The van der Waals surface area contributed by atoms with Gasteiger partial charge in [-0.2, -0.15) is 0 Å². The minimum Gasteiger partial charge on any atom is -0.480 e. The number of likely N-dealkylation sites (tertiary alicyclic amines) is 1. The average molecular weight is 292 g/mol. The molecule has 1 fully saturated rings. The van der Waals surface area contributed by atoms with Crippen LogP contribution in [0, 0.1) is 5.92 Å². The van der Waals surface area contributed by atoms with E-state index in [2.05, 4.69) is 4.72 Å². The van der Waals surface area contributed by atoms with E-state index >= 15 is 0 Å². The smallest absolute Gasteiger partial charge is 0.320 e. The largest absolute Gasteiger partial charge is 0.480 e. The molecule has 0 radical (unpaired) electrons. The Labute approximate surface area is 115 Å². The fraction of sp³-hybridized carbons (Fsp3) is 0.917. The van der Waals surface area contributed by atoms with Crippen LogP contribution in [0.4, 0.5) is 0 Å². The molecule has 0 saturated carbocycles. The minimum absolute atomic E-state index is 0.227. The van der Waals surface area contributed by atoms with Gasteiger partial charge in [0.15, 0.2) is 0 Å². The van der Waals surface area contributed by atoms with Gasteiger partial charge < -0.3 is 5.11 Å². The van der Waals surface area contributed by atoms with E-state index in [1.807, 2.05) is 18.7 Å². The van der Waals surface area contributed by atoms with E-state index in [0.717, 1.165) is 19.2 Å². The third kappa shape index (κ3) is 5.88. The normalized spacial score (nSPS) is 22.8. The molecular weight excluding hydrogens is 268 g/mol. The fourth-order valence-electron chi connectivity index (χ4n) is 2.64. The number of nitrogens with one attached hydrogen (secondary N) is 1. The number of rotatable bonds is 7. The Morgan fingerprint density at radius 1 is 1.47 bits per heavy atom. The molecule has 0 aromatic carbocycles. The molecule has 0 aromatic heterocycles. The predicted octanol–water partition coefficient (Wildman–Crippen LogP) is 0.499. The molecule has 112 valence electrons. The second-order valence-electron chi connectivity index (χ2n) is 5.71. The molecule has 0 unspecified atom stereocenters. The van der Waals surface area contributed by atoms with E-state index in [-0.39, 0.29) is 6.04 Å². The molecule has 0 aliphatic carbocycles. The van der Waals surface area contributed by atoms with Gasteiger partial charge in [0.1, 0.15) is 6.04 Å². The van der Waals surface area contributed by atoms with Gasteiger partial charge in [0.05, 0.1) is 6.26 Å². The molecule has 0 bridgehead atoms. The molecule has 1 heterocycles. The molecule has 0 spiro atoms. The van der Waals surface area contributed by atoms with Gasteiger partial charge in [0.2, 0.25) is 10.0 Å². The van der Waals surface area contributed by atoms with E-state index in [4.69, 9.17) is 5.11 Å². The zero-order valence-corrected chi connectivity index (χ0v) is 12.6. The van der Waals surface area contributed by atoms with E-state index in [0.29, 0.717) is 25.3 Å². The van der Waals surface area contributed by atoms with Crippen LogP contribution >= 0.6 is 0 Å². The van der Waals surface area contributed by atoms with Crippen molar-refractivity contribution in [3.05, 3.63) is 0 Å². The van der Waals surface area contributed by atoms with Crippen molar-refractivity contribution in [3.63, 3.8) is 0 Å². The SMILES string of the molecule is CC(C)C[C@H](CN1CCC[C@H]1C(=O)O)NS(C)(=O)=O. The van der Waals surface area contributed by atoms with Gasteiger partial charge >= 0.3 is 5.97 Å². The van der Waals surface area contributed by atoms with Gasteiger partial charge in [-0.25, -0.2) is 13.1 Å². The molecule has 1 aliphatic heterocycles. The average Bonchev–Trinajstić information content (AvgIpc) is 2.61. The monoisotopic (exact) mass is 292 g/mol. The molecule has 1 aliphatic rings. The highest BCUT2D eigenvalue weighted by Crippen LogP contribution is 2.19. The number of hydrogen-bond acceptors (Lipinski definition) is 4. The van der Waals surface area contributed by atoms with Crippen molar-refractivity contribution < 1.29 is 18.3 Å². The second kappa shape index (κ2) is 6.67. The van der Waals surface area contributed by atoms with Crippen molar-refractivity contribution in [1.82, 2.24) is 9.62 Å². The highest BCUT2D eigenvalue weighted by atomic mass is 32.2. The summed E-state index contributed by atoms with van der Waals surface area (Å²) in [5.41, 5.74) is 0. The summed E-state index contributed by atoms with van der Waals surface area (Å²) in [4.78, 5) is 13.0. The van der Waals surface area contributed by atoms with Crippen molar-refractivity contribution in [2.75, 3.05) is 19.3 Å². The molecule has 1 rings (SSSR count). The molecule has 1 saturated heterocycles. The van der Waals surface area contributed by atoms with Gasteiger partial charge in [0, 0.05) is 12.6 Å². The summed E-state index contributed by atoms with van der Waals surface area (Å²) >= 11 is 0. The molecule has 2 atom stereocenters. The third-order valence-corrected chi connectivity index (χ3v) is 4.00. The quantitative estimate of drug-likeness (QED) is 0.713. The van der Waals surface area contributed by atoms with Gasteiger partial charge in [-0.3, -0.25) is 9.69 Å². The number of carboxylic acids is 1. The van der Waals surface area contributed by atoms with Crippen LogP contribution in [0.1, 0.15) is 33.1 Å². The summed E-state index contributed by atoms with van der Waals surface area (Å²) in [6, 6.07) is -0.703. The van der Waals surface area contributed by atoms with Crippen LogP contribution in [0.25, 0.3) is 0 Å². The van der Waals surface area contributed by atoms with Gasteiger partial charge in [-0.1, -0.05) is 13.8 Å². The Morgan fingerprint density at radius 3 is 2.58 bits per heavy atom. The van der Waals surface area contributed by atoms with Crippen molar-refractivity contribution >= 4 is 16.0 Å². The third-order valence-electron chi connectivity index (χ3n) is 3.24. The summed E-state index contributed by atoms with van der Waals surface area (Å²) < 4.78 is 25.3.